The van der Waals surface area contributed by atoms with Crippen molar-refractivity contribution in [3.05, 3.63) is 0 Å². The molecule has 0 aromatic carbocycles. The van der Waals surface area contributed by atoms with Gasteiger partial charge in [-0.1, -0.05) is 6.92 Å². The second kappa shape index (κ2) is 28.0. The van der Waals surface area contributed by atoms with E-state index in [2.05, 4.69) is 14.7 Å². The van der Waals surface area contributed by atoms with Gasteiger partial charge in [0.05, 0.1) is 18.2 Å². The van der Waals surface area contributed by atoms with Gasteiger partial charge in [-0.05, 0) is 6.42 Å². The maximum absolute atomic E-state index is 10.4. The van der Waals surface area contributed by atoms with Crippen LogP contribution >= 0.6 is 0 Å². The van der Waals surface area contributed by atoms with Crippen LogP contribution < -0.4 is 180 Å². The van der Waals surface area contributed by atoms with E-state index >= 15 is 0 Å². The van der Waals surface area contributed by atoms with Gasteiger partial charge in [0.15, 0.2) is 0 Å². The normalized spacial score (nSPS) is 11.6. The van der Waals surface area contributed by atoms with Crippen molar-refractivity contribution in [2.24, 2.45) is 0 Å². The zero-order valence-electron chi connectivity index (χ0n) is 16.6. The van der Waals surface area contributed by atoms with Gasteiger partial charge in [-0.2, -0.15) is 0 Å². The number of carboxylic acid groups (broad SMARTS) is 2. The van der Waals surface area contributed by atoms with Gasteiger partial charge in [-0.25, -0.2) is 0 Å². The quantitative estimate of drug-likeness (QED) is 0.141. The van der Waals surface area contributed by atoms with Crippen molar-refractivity contribution < 1.29 is 215 Å². The maximum Gasteiger partial charge on any atom is 2.00 e. The monoisotopic (exact) mass is 512 g/mol. The molecule has 16 heteroatoms. The maximum atomic E-state index is 10.4. The summed E-state index contributed by atoms with van der Waals surface area (Å²) in [7, 11) is 0. The number of carboxylic acids is 2. The Kier molecular flexibility index (Phi) is 46.2. The standard InChI is InChI=1S/C6H12O7.C6H12O5.Ca.3K/c7-5(8)6(9,1-3-12-10)2-4-13-11;1-2-6(9,4-11-10)3-5(7)8;;;;/h9-11H,1-4H2,(H,7,8);9-10H,2-4H2,1H3,(H,7,8);;;;/q;;+2;3*+1/p-5. The Hall–Kier alpha value is 4.79. The Morgan fingerprint density at radius 3 is 1.50 bits per heavy atom. The summed E-state index contributed by atoms with van der Waals surface area (Å²) in [6.45, 7) is 0.0616. The SMILES string of the molecule is CCC(O)(CO[O-])CC(=O)[O-].O=C([O-])C(O)(CCO[O-])CCO[O-].[Ca+2].[K+].[K+].[K+]. The molecule has 0 aliphatic rings. The molecule has 0 radical (unpaired) electrons. The van der Waals surface area contributed by atoms with Gasteiger partial charge in [-0.3, -0.25) is 0 Å². The fourth-order valence-electron chi connectivity index (χ4n) is 1.41. The molecule has 12 nitrogen and oxygen atoms in total. The molecule has 0 aromatic rings. The van der Waals surface area contributed by atoms with Crippen molar-refractivity contribution in [2.75, 3.05) is 19.8 Å². The van der Waals surface area contributed by atoms with Crippen LogP contribution in [-0.2, 0) is 24.3 Å². The van der Waals surface area contributed by atoms with Crippen LogP contribution in [0.2, 0.25) is 0 Å². The summed E-state index contributed by atoms with van der Waals surface area (Å²) in [6, 6.07) is 0. The second-order valence-electron chi connectivity index (χ2n) is 4.85. The molecule has 0 aliphatic carbocycles. The van der Waals surface area contributed by atoms with E-state index in [1.54, 1.807) is 6.92 Å². The first-order valence-electron chi connectivity index (χ1n) is 6.71. The van der Waals surface area contributed by atoms with Crippen LogP contribution in [0.5, 0.6) is 0 Å². The van der Waals surface area contributed by atoms with Crippen LogP contribution in [0.1, 0.15) is 32.6 Å². The molecule has 1 atom stereocenters. The summed E-state index contributed by atoms with van der Waals surface area (Å²) in [4.78, 5) is 30.5. The fraction of sp³-hybridized carbons (Fsp3) is 0.833. The molecule has 0 aromatic heterocycles. The van der Waals surface area contributed by atoms with E-state index in [1.165, 1.54) is 0 Å². The van der Waals surface area contributed by atoms with Gasteiger partial charge in [-0.15, -0.1) is 0 Å². The van der Waals surface area contributed by atoms with Gasteiger partial charge in [0, 0.05) is 38.4 Å². The summed E-state index contributed by atoms with van der Waals surface area (Å²) >= 11 is 0. The van der Waals surface area contributed by atoms with Gasteiger partial charge in [0.2, 0.25) is 0 Å². The minimum absolute atomic E-state index is 0. The third kappa shape index (κ3) is 25.4. The Morgan fingerprint density at radius 1 is 0.893 bits per heavy atom. The van der Waals surface area contributed by atoms with Crippen LogP contribution in [-0.4, -0.2) is 90.9 Å². The Morgan fingerprint density at radius 2 is 1.29 bits per heavy atom. The molecule has 0 fully saturated rings. The van der Waals surface area contributed by atoms with E-state index in [0.29, 0.717) is 0 Å². The fourth-order valence-corrected chi connectivity index (χ4v) is 1.41. The first-order chi connectivity index (χ1) is 11.1. The molecule has 0 spiro atoms. The number of rotatable bonds is 12. The third-order valence-electron chi connectivity index (χ3n) is 3.04. The minimum atomic E-state index is -2.24. The predicted octanol–water partition coefficient (Wildman–Crippen LogP) is -16.0. The van der Waals surface area contributed by atoms with Gasteiger partial charge in [0.25, 0.3) is 0 Å². The van der Waals surface area contributed by atoms with E-state index in [9.17, 15) is 45.8 Å². The van der Waals surface area contributed by atoms with E-state index in [-0.39, 0.29) is 198 Å². The second-order valence-corrected chi connectivity index (χ2v) is 4.85. The van der Waals surface area contributed by atoms with Crippen LogP contribution in [0.3, 0.4) is 0 Å². The molecule has 144 valence electrons. The molecule has 0 rings (SSSR count). The Balaban J connectivity index is -0.0000000764. The predicted molar refractivity (Wildman–Crippen MR) is 67.7 cm³/mol. The average Bonchev–Trinajstić information content (AvgIpc) is 2.51. The minimum Gasteiger partial charge on any atom is -0.723 e. The molecule has 28 heavy (non-hydrogen) atoms. The van der Waals surface area contributed by atoms with Gasteiger partial charge >= 0.3 is 192 Å². The van der Waals surface area contributed by atoms with Crippen molar-refractivity contribution in [1.29, 1.82) is 0 Å². The summed E-state index contributed by atoms with van der Waals surface area (Å²) in [5.41, 5.74) is -3.82. The molecule has 0 amide bonds. The number of carbonyl (C=O) groups excluding carboxylic acids is 2. The number of aliphatic carboxylic acids is 2. The van der Waals surface area contributed by atoms with E-state index in [4.69, 9.17) is 0 Å². The van der Waals surface area contributed by atoms with Gasteiger partial charge < -0.3 is 60.4 Å². The molecule has 0 saturated carbocycles. The summed E-state index contributed by atoms with van der Waals surface area (Å²) in [6.07, 6.45) is -1.32. The first kappa shape index (κ1) is 46.2. The van der Waals surface area contributed by atoms with E-state index in [0.717, 1.165) is 0 Å². The largest absolute Gasteiger partial charge is 2.00 e. The molecule has 0 saturated heterocycles. The molecular formula is C12H19CaK3O12. The number of hydrogen-bond acceptors (Lipinski definition) is 12. The van der Waals surface area contributed by atoms with Crippen molar-refractivity contribution in [1.82, 2.24) is 0 Å². The average molecular weight is 513 g/mol. The summed E-state index contributed by atoms with van der Waals surface area (Å²) in [5.74, 6) is -3.16. The van der Waals surface area contributed by atoms with Crippen LogP contribution in [0.15, 0.2) is 0 Å². The zero-order chi connectivity index (χ0) is 19.2. The van der Waals surface area contributed by atoms with Crippen LogP contribution in [0, 0.1) is 0 Å². The zero-order valence-corrected chi connectivity index (χ0v) is 28.2. The van der Waals surface area contributed by atoms with Crippen molar-refractivity contribution in [3.8, 4) is 0 Å². The summed E-state index contributed by atoms with van der Waals surface area (Å²) < 4.78 is 0. The molecule has 1 unspecified atom stereocenters. The molecule has 0 aliphatic heterocycles. The first-order valence-corrected chi connectivity index (χ1v) is 6.71. The molecule has 2 N–H and O–H groups in total. The molecular weight excluding hydrogens is 493 g/mol. The Labute approximate surface area is 320 Å². The van der Waals surface area contributed by atoms with Gasteiger partial charge in [0.1, 0.15) is 5.60 Å². The summed E-state index contributed by atoms with van der Waals surface area (Å²) in [5, 5.41) is 67.6. The van der Waals surface area contributed by atoms with E-state index in [1.807, 2.05) is 0 Å². The van der Waals surface area contributed by atoms with Crippen LogP contribution in [0.25, 0.3) is 0 Å². The molecule has 0 bridgehead atoms. The topological polar surface area (TPSA) is 218 Å². The van der Waals surface area contributed by atoms with Crippen molar-refractivity contribution >= 4 is 49.7 Å². The van der Waals surface area contributed by atoms with E-state index < -0.39 is 62.2 Å². The van der Waals surface area contributed by atoms with Crippen molar-refractivity contribution in [3.63, 3.8) is 0 Å². The smallest absolute Gasteiger partial charge is 0.723 e. The Bertz CT molecular complexity index is 372. The van der Waals surface area contributed by atoms with Crippen LogP contribution in [0.4, 0.5) is 0 Å². The molecule has 0 heterocycles. The number of aliphatic hydroxyl groups is 2. The third-order valence-corrected chi connectivity index (χ3v) is 3.04. The number of hydrogen-bond donors (Lipinski definition) is 2. The number of carbonyl (C=O) groups is 2. The van der Waals surface area contributed by atoms with Crippen molar-refractivity contribution in [2.45, 2.75) is 43.8 Å².